The zero-order valence-electron chi connectivity index (χ0n) is 15.9. The molecule has 1 fully saturated rings. The molecule has 2 aliphatic rings. The molecule has 0 aromatic rings. The average molecular weight is 378 g/mol. The second-order valence-electron chi connectivity index (χ2n) is 7.31. The van der Waals surface area contributed by atoms with Crippen LogP contribution >= 0.6 is 0 Å². The third kappa shape index (κ3) is 4.73. The van der Waals surface area contributed by atoms with E-state index in [0.717, 1.165) is 0 Å². The van der Waals surface area contributed by atoms with Crippen LogP contribution in [0.15, 0.2) is 35.5 Å². The highest BCUT2D eigenvalue weighted by atomic mass is 16.6. The van der Waals surface area contributed by atoms with Crippen LogP contribution in [0.4, 0.5) is 0 Å². The van der Waals surface area contributed by atoms with E-state index in [0.29, 0.717) is 5.57 Å². The van der Waals surface area contributed by atoms with Gasteiger partial charge in [0.05, 0.1) is 18.1 Å². The first-order chi connectivity index (χ1) is 12.6. The molecule has 0 amide bonds. The molecule has 2 N–H and O–H groups in total. The normalized spacial score (nSPS) is 34.4. The molecule has 1 heterocycles. The predicted molar refractivity (Wildman–Crippen MR) is 96.5 cm³/mol. The van der Waals surface area contributed by atoms with Gasteiger partial charge in [0, 0.05) is 29.6 Å². The first kappa shape index (κ1) is 21.1. The van der Waals surface area contributed by atoms with Crippen LogP contribution in [0, 0.1) is 5.92 Å². The number of allylic oxidation sites excluding steroid dienone is 1. The standard InChI is InChI=1S/C20H26O7/c1-5-11(2)18(23)27-16-9-20(4,25)7-6-14(22)13(10-21)8-15-17(16)12(3)19(24)26-15/h5,8,15-17,21,25H,3,6-7,9-10H2,1-2,4H3/b11-5-,13-8-/t15-,16+,17-,20+/m0/s1. The van der Waals surface area contributed by atoms with E-state index in [4.69, 9.17) is 9.47 Å². The number of aliphatic hydroxyl groups excluding tert-OH is 1. The Hall–Kier alpha value is -2.25. The van der Waals surface area contributed by atoms with Crippen LogP contribution in [0.3, 0.4) is 0 Å². The number of rotatable bonds is 3. The lowest BCUT2D eigenvalue weighted by Crippen LogP contribution is -2.41. The third-order valence-corrected chi connectivity index (χ3v) is 5.10. The Kier molecular flexibility index (Phi) is 6.38. The molecular formula is C20H26O7. The minimum atomic E-state index is -1.32. The van der Waals surface area contributed by atoms with E-state index in [1.807, 2.05) is 0 Å². The maximum atomic E-state index is 12.3. The van der Waals surface area contributed by atoms with E-state index in [2.05, 4.69) is 6.58 Å². The van der Waals surface area contributed by atoms with Crippen LogP contribution in [-0.4, -0.2) is 52.4 Å². The number of carbonyl (C=O) groups is 3. The van der Waals surface area contributed by atoms with Crippen LogP contribution in [0.5, 0.6) is 0 Å². The number of fused-ring (bicyclic) bond motifs is 1. The van der Waals surface area contributed by atoms with E-state index in [1.54, 1.807) is 26.8 Å². The van der Waals surface area contributed by atoms with E-state index in [1.165, 1.54) is 6.08 Å². The van der Waals surface area contributed by atoms with Gasteiger partial charge in [0.25, 0.3) is 0 Å². The van der Waals surface area contributed by atoms with Gasteiger partial charge < -0.3 is 19.7 Å². The van der Waals surface area contributed by atoms with Gasteiger partial charge in [-0.1, -0.05) is 12.7 Å². The molecular weight excluding hydrogens is 352 g/mol. The maximum absolute atomic E-state index is 12.3. The van der Waals surface area contributed by atoms with E-state index >= 15 is 0 Å². The van der Waals surface area contributed by atoms with Crippen molar-refractivity contribution < 1.29 is 34.1 Å². The van der Waals surface area contributed by atoms with Gasteiger partial charge in [-0.05, 0) is 33.3 Å². The molecule has 0 unspecified atom stereocenters. The van der Waals surface area contributed by atoms with Crippen LogP contribution in [0.1, 0.15) is 40.0 Å². The first-order valence-corrected chi connectivity index (χ1v) is 8.90. The van der Waals surface area contributed by atoms with Crippen molar-refractivity contribution in [1.82, 2.24) is 0 Å². The third-order valence-electron chi connectivity index (χ3n) is 5.10. The molecule has 7 heteroatoms. The molecule has 0 aromatic heterocycles. The van der Waals surface area contributed by atoms with Gasteiger partial charge in [-0.25, -0.2) is 9.59 Å². The van der Waals surface area contributed by atoms with Crippen LogP contribution in [0.25, 0.3) is 0 Å². The lowest BCUT2D eigenvalue weighted by Gasteiger charge is -2.33. The Morgan fingerprint density at radius 3 is 2.74 bits per heavy atom. The molecule has 7 nitrogen and oxygen atoms in total. The second-order valence-corrected chi connectivity index (χ2v) is 7.31. The summed E-state index contributed by atoms with van der Waals surface area (Å²) in [6.07, 6.45) is 1.36. The van der Waals surface area contributed by atoms with Gasteiger partial charge in [-0.3, -0.25) is 4.79 Å². The van der Waals surface area contributed by atoms with Crippen LogP contribution < -0.4 is 0 Å². The molecule has 1 aliphatic heterocycles. The molecule has 27 heavy (non-hydrogen) atoms. The molecule has 0 aromatic carbocycles. The smallest absolute Gasteiger partial charge is 0.334 e. The zero-order valence-corrected chi connectivity index (χ0v) is 15.9. The van der Waals surface area contributed by atoms with Crippen molar-refractivity contribution in [3.8, 4) is 0 Å². The Morgan fingerprint density at radius 2 is 2.15 bits per heavy atom. The van der Waals surface area contributed by atoms with E-state index in [9.17, 15) is 24.6 Å². The highest BCUT2D eigenvalue weighted by Gasteiger charge is 2.47. The number of carbonyl (C=O) groups excluding carboxylic acids is 3. The highest BCUT2D eigenvalue weighted by Crippen LogP contribution is 2.38. The van der Waals surface area contributed by atoms with Crippen molar-refractivity contribution in [2.45, 2.75) is 57.8 Å². The summed E-state index contributed by atoms with van der Waals surface area (Å²) in [5, 5.41) is 20.3. The summed E-state index contributed by atoms with van der Waals surface area (Å²) in [6.45, 7) is 8.08. The van der Waals surface area contributed by atoms with Gasteiger partial charge in [0.2, 0.25) is 0 Å². The Morgan fingerprint density at radius 1 is 1.48 bits per heavy atom. The van der Waals surface area contributed by atoms with Crippen molar-refractivity contribution in [2.24, 2.45) is 5.92 Å². The summed E-state index contributed by atoms with van der Waals surface area (Å²) < 4.78 is 10.9. The molecule has 0 bridgehead atoms. The lowest BCUT2D eigenvalue weighted by atomic mass is 9.80. The molecule has 2 rings (SSSR count). The van der Waals surface area contributed by atoms with E-state index < -0.39 is 42.3 Å². The Bertz CT molecular complexity index is 714. The maximum Gasteiger partial charge on any atom is 0.334 e. The largest absolute Gasteiger partial charge is 0.458 e. The van der Waals surface area contributed by atoms with Gasteiger partial charge >= 0.3 is 11.9 Å². The topological polar surface area (TPSA) is 110 Å². The molecule has 0 spiro atoms. The highest BCUT2D eigenvalue weighted by molar-refractivity contribution is 5.96. The van der Waals surface area contributed by atoms with Crippen molar-refractivity contribution in [3.63, 3.8) is 0 Å². The summed E-state index contributed by atoms with van der Waals surface area (Å²) in [5.74, 6) is -2.31. The van der Waals surface area contributed by atoms with Gasteiger partial charge in [-0.15, -0.1) is 0 Å². The number of ether oxygens (including phenoxy) is 2. The SMILES string of the molecule is C=C1C(=O)O[C@H]2/C=C(/CO)C(=O)CC[C@@](C)(O)C[C@@H](OC(=O)/C(C)=C\C)[C@@H]12. The minimum absolute atomic E-state index is 0.0141. The molecule has 1 aliphatic carbocycles. The number of aliphatic hydroxyl groups is 2. The molecule has 1 saturated heterocycles. The van der Waals surface area contributed by atoms with Crippen LogP contribution in [-0.2, 0) is 23.9 Å². The quantitative estimate of drug-likeness (QED) is 0.564. The van der Waals surface area contributed by atoms with E-state index in [-0.39, 0.29) is 36.2 Å². The molecule has 148 valence electrons. The fourth-order valence-electron chi connectivity index (χ4n) is 3.28. The number of esters is 2. The summed E-state index contributed by atoms with van der Waals surface area (Å²) in [7, 11) is 0. The van der Waals surface area contributed by atoms with Gasteiger partial charge in [0.15, 0.2) is 5.78 Å². The van der Waals surface area contributed by atoms with Crippen molar-refractivity contribution >= 4 is 17.7 Å². The Labute approximate surface area is 158 Å². The number of Topliss-reactive ketones (excluding diaryl/α,β-unsaturated/α-hetero) is 1. The Balaban J connectivity index is 2.49. The summed E-state index contributed by atoms with van der Waals surface area (Å²) in [4.78, 5) is 36.7. The molecule has 0 saturated carbocycles. The number of ketones is 1. The minimum Gasteiger partial charge on any atom is -0.458 e. The lowest BCUT2D eigenvalue weighted by molar-refractivity contribution is -0.151. The molecule has 4 atom stereocenters. The fourth-order valence-corrected chi connectivity index (χ4v) is 3.28. The van der Waals surface area contributed by atoms with Gasteiger partial charge in [0.1, 0.15) is 12.2 Å². The second kappa shape index (κ2) is 8.19. The monoisotopic (exact) mass is 378 g/mol. The van der Waals surface area contributed by atoms with Crippen molar-refractivity contribution in [2.75, 3.05) is 6.61 Å². The first-order valence-electron chi connectivity index (χ1n) is 8.90. The number of hydrogen-bond donors (Lipinski definition) is 2. The number of hydrogen-bond acceptors (Lipinski definition) is 7. The summed E-state index contributed by atoms with van der Waals surface area (Å²) in [6, 6.07) is 0. The fraction of sp³-hybridized carbons (Fsp3) is 0.550. The summed E-state index contributed by atoms with van der Waals surface area (Å²) in [5.41, 5.74) is -0.729. The zero-order chi connectivity index (χ0) is 20.4. The molecule has 0 radical (unpaired) electrons. The van der Waals surface area contributed by atoms with Crippen molar-refractivity contribution in [1.29, 1.82) is 0 Å². The average Bonchev–Trinajstić information content (AvgIpc) is 2.89. The van der Waals surface area contributed by atoms with Crippen LogP contribution in [0.2, 0.25) is 0 Å². The summed E-state index contributed by atoms with van der Waals surface area (Å²) >= 11 is 0. The van der Waals surface area contributed by atoms with Crippen molar-refractivity contribution in [3.05, 3.63) is 35.5 Å². The van der Waals surface area contributed by atoms with Gasteiger partial charge in [-0.2, -0.15) is 0 Å². The predicted octanol–water partition coefficient (Wildman–Crippen LogP) is 1.38.